The summed E-state index contributed by atoms with van der Waals surface area (Å²) in [7, 11) is 6.30. The summed E-state index contributed by atoms with van der Waals surface area (Å²) in [6, 6.07) is 9.84. The fourth-order valence-corrected chi connectivity index (χ4v) is 2.51. The topological polar surface area (TPSA) is 73.3 Å². The third kappa shape index (κ3) is 5.42. The summed E-state index contributed by atoms with van der Waals surface area (Å²) in [5.74, 6) is 1.88. The lowest BCUT2D eigenvalue weighted by Gasteiger charge is -2.19. The van der Waals surface area contributed by atoms with Crippen molar-refractivity contribution >= 4 is 11.6 Å². The largest absolute Gasteiger partial charge is 0.493 e. The minimum atomic E-state index is -0.394. The highest BCUT2D eigenvalue weighted by atomic mass is 19.1. The first-order valence-corrected chi connectivity index (χ1v) is 8.71. The van der Waals surface area contributed by atoms with E-state index in [0.717, 1.165) is 0 Å². The Balaban J connectivity index is 2.02. The van der Waals surface area contributed by atoms with Gasteiger partial charge in [0, 0.05) is 24.9 Å². The molecule has 0 fully saturated rings. The fraction of sp³-hybridized carbons (Fsp3) is 0.350. The molecule has 0 aliphatic rings. The van der Waals surface area contributed by atoms with Crippen LogP contribution in [-0.4, -0.2) is 47.0 Å². The molecule has 0 saturated heterocycles. The summed E-state index contributed by atoms with van der Waals surface area (Å²) in [4.78, 5) is 4.19. The third-order valence-electron chi connectivity index (χ3n) is 3.87. The predicted molar refractivity (Wildman–Crippen MR) is 108 cm³/mol. The highest BCUT2D eigenvalue weighted by molar-refractivity contribution is 5.94. The van der Waals surface area contributed by atoms with Crippen molar-refractivity contribution in [2.75, 3.05) is 40.2 Å². The first kappa shape index (κ1) is 21.1. The number of rotatable bonds is 8. The van der Waals surface area contributed by atoms with Gasteiger partial charge in [-0.15, -0.1) is 0 Å². The molecular weight excluding hydrogens is 365 g/mol. The fourth-order valence-electron chi connectivity index (χ4n) is 2.51. The van der Waals surface area contributed by atoms with Crippen molar-refractivity contribution in [1.29, 1.82) is 0 Å². The van der Waals surface area contributed by atoms with E-state index in [-0.39, 0.29) is 11.9 Å². The van der Waals surface area contributed by atoms with Crippen molar-refractivity contribution in [3.8, 4) is 23.0 Å². The van der Waals surface area contributed by atoms with Gasteiger partial charge < -0.3 is 29.6 Å². The molecule has 0 saturated carbocycles. The maximum absolute atomic E-state index is 13.7. The molecule has 2 aromatic rings. The number of guanidine groups is 1. The molecule has 0 amide bonds. The minimum absolute atomic E-state index is 0.212. The lowest BCUT2D eigenvalue weighted by Crippen LogP contribution is -2.37. The van der Waals surface area contributed by atoms with Crippen LogP contribution < -0.4 is 29.6 Å². The van der Waals surface area contributed by atoms with E-state index < -0.39 is 5.82 Å². The van der Waals surface area contributed by atoms with Crippen LogP contribution in [0.1, 0.15) is 6.92 Å². The molecule has 1 unspecified atom stereocenters. The number of nitrogens with zero attached hydrogens (tertiary/aromatic N) is 1. The van der Waals surface area contributed by atoms with Gasteiger partial charge in [-0.1, -0.05) is 12.1 Å². The number of aliphatic imine (C=N–C) groups is 1. The van der Waals surface area contributed by atoms with Crippen molar-refractivity contribution in [2.24, 2.45) is 4.99 Å². The summed E-state index contributed by atoms with van der Waals surface area (Å²) >= 11 is 0. The monoisotopic (exact) mass is 391 g/mol. The van der Waals surface area contributed by atoms with E-state index in [4.69, 9.17) is 18.9 Å². The van der Waals surface area contributed by atoms with Crippen LogP contribution in [-0.2, 0) is 0 Å². The number of methoxy groups -OCH3 is 3. The molecule has 2 N–H and O–H groups in total. The zero-order valence-corrected chi connectivity index (χ0v) is 16.7. The van der Waals surface area contributed by atoms with Crippen LogP contribution in [0.15, 0.2) is 41.4 Å². The van der Waals surface area contributed by atoms with Crippen molar-refractivity contribution in [3.63, 3.8) is 0 Å². The molecule has 0 radical (unpaired) electrons. The van der Waals surface area contributed by atoms with E-state index >= 15 is 0 Å². The molecule has 0 heterocycles. The minimum Gasteiger partial charge on any atom is -0.493 e. The van der Waals surface area contributed by atoms with Gasteiger partial charge in [-0.3, -0.25) is 4.99 Å². The number of halogens is 1. The lowest BCUT2D eigenvalue weighted by molar-refractivity contribution is 0.214. The Kier molecular flexibility index (Phi) is 7.74. The van der Waals surface area contributed by atoms with Gasteiger partial charge in [0.05, 0.1) is 27.9 Å². The van der Waals surface area contributed by atoms with Crippen molar-refractivity contribution in [1.82, 2.24) is 5.32 Å². The molecule has 1 atom stereocenters. The lowest BCUT2D eigenvalue weighted by atomic mass is 10.2. The molecule has 0 aromatic heterocycles. The molecule has 8 heteroatoms. The quantitative estimate of drug-likeness (QED) is 0.531. The van der Waals surface area contributed by atoms with E-state index in [1.807, 2.05) is 6.92 Å². The predicted octanol–water partition coefficient (Wildman–Crippen LogP) is 3.31. The van der Waals surface area contributed by atoms with Gasteiger partial charge in [0.2, 0.25) is 5.75 Å². The molecular formula is C20H26FN3O4. The summed E-state index contributed by atoms with van der Waals surface area (Å²) in [6.45, 7) is 2.25. The Hall–Kier alpha value is -3.16. The SMILES string of the molecule is CN=C(NCC(C)Oc1ccccc1F)Nc1cc(OC)c(OC)c(OC)c1. The van der Waals surface area contributed by atoms with Gasteiger partial charge in [0.25, 0.3) is 0 Å². The number of anilines is 1. The third-order valence-corrected chi connectivity index (χ3v) is 3.87. The Morgan fingerprint density at radius 2 is 1.68 bits per heavy atom. The number of ether oxygens (including phenoxy) is 4. The van der Waals surface area contributed by atoms with Crippen LogP contribution in [0, 0.1) is 5.82 Å². The number of hydrogen-bond donors (Lipinski definition) is 2. The second-order valence-electron chi connectivity index (χ2n) is 5.85. The maximum atomic E-state index is 13.7. The summed E-state index contributed by atoms with van der Waals surface area (Å²) in [5, 5.41) is 6.29. The zero-order chi connectivity index (χ0) is 20.5. The Morgan fingerprint density at radius 1 is 1.04 bits per heavy atom. The Bertz CT molecular complexity index is 789. The average Bonchev–Trinajstić information content (AvgIpc) is 2.71. The molecule has 152 valence electrons. The van der Waals surface area contributed by atoms with Gasteiger partial charge in [-0.05, 0) is 19.1 Å². The van der Waals surface area contributed by atoms with Crippen LogP contribution in [0.25, 0.3) is 0 Å². The molecule has 28 heavy (non-hydrogen) atoms. The Morgan fingerprint density at radius 3 is 2.21 bits per heavy atom. The second kappa shape index (κ2) is 10.2. The first-order chi connectivity index (χ1) is 13.5. The number of hydrogen-bond acceptors (Lipinski definition) is 5. The zero-order valence-electron chi connectivity index (χ0n) is 16.7. The van der Waals surface area contributed by atoms with E-state index in [1.165, 1.54) is 6.07 Å². The maximum Gasteiger partial charge on any atom is 0.203 e. The molecule has 2 aromatic carbocycles. The van der Waals surface area contributed by atoms with Crippen LogP contribution in [0.2, 0.25) is 0 Å². The number of benzene rings is 2. The molecule has 0 bridgehead atoms. The van der Waals surface area contributed by atoms with Gasteiger partial charge in [-0.25, -0.2) is 4.39 Å². The summed E-state index contributed by atoms with van der Waals surface area (Å²) in [6.07, 6.45) is -0.282. The smallest absolute Gasteiger partial charge is 0.203 e. The molecule has 7 nitrogen and oxygen atoms in total. The average molecular weight is 391 g/mol. The van der Waals surface area contributed by atoms with E-state index in [0.29, 0.717) is 35.4 Å². The summed E-state index contributed by atoms with van der Waals surface area (Å²) < 4.78 is 35.3. The van der Waals surface area contributed by atoms with E-state index in [9.17, 15) is 4.39 Å². The normalized spacial score (nSPS) is 12.1. The molecule has 0 spiro atoms. The van der Waals surface area contributed by atoms with Crippen LogP contribution in [0.3, 0.4) is 0 Å². The van der Waals surface area contributed by atoms with Crippen molar-refractivity contribution < 1.29 is 23.3 Å². The number of para-hydroxylation sites is 1. The van der Waals surface area contributed by atoms with E-state index in [2.05, 4.69) is 15.6 Å². The highest BCUT2D eigenvalue weighted by Crippen LogP contribution is 2.39. The molecule has 0 aliphatic heterocycles. The van der Waals surface area contributed by atoms with Gasteiger partial charge in [0.1, 0.15) is 6.10 Å². The van der Waals surface area contributed by atoms with Crippen LogP contribution in [0.4, 0.5) is 10.1 Å². The van der Waals surface area contributed by atoms with Crippen LogP contribution in [0.5, 0.6) is 23.0 Å². The van der Waals surface area contributed by atoms with Crippen molar-refractivity contribution in [3.05, 3.63) is 42.2 Å². The number of nitrogens with one attached hydrogen (secondary N) is 2. The van der Waals surface area contributed by atoms with Gasteiger partial charge in [-0.2, -0.15) is 0 Å². The van der Waals surface area contributed by atoms with Crippen molar-refractivity contribution in [2.45, 2.75) is 13.0 Å². The first-order valence-electron chi connectivity index (χ1n) is 8.71. The highest BCUT2D eigenvalue weighted by Gasteiger charge is 2.14. The van der Waals surface area contributed by atoms with Gasteiger partial charge >= 0.3 is 0 Å². The van der Waals surface area contributed by atoms with Gasteiger partial charge in [0.15, 0.2) is 29.0 Å². The second-order valence-corrected chi connectivity index (χ2v) is 5.85. The molecule has 2 rings (SSSR count). The van der Waals surface area contributed by atoms with E-state index in [1.54, 1.807) is 58.7 Å². The van der Waals surface area contributed by atoms with Crippen LogP contribution >= 0.6 is 0 Å². The Labute approximate surface area is 164 Å². The summed E-state index contributed by atoms with van der Waals surface area (Å²) in [5.41, 5.74) is 0.699. The molecule has 0 aliphatic carbocycles. The standard InChI is InChI=1S/C20H26FN3O4/c1-13(28-16-9-7-6-8-15(16)21)12-23-20(22-2)24-14-10-17(25-3)19(27-5)18(11-14)26-4/h6-11,13H,12H2,1-5H3,(H2,22,23,24).